The number of methoxy groups -OCH3 is 1. The molecule has 5 nitrogen and oxygen atoms in total. The van der Waals surface area contributed by atoms with E-state index < -0.39 is 0 Å². The van der Waals surface area contributed by atoms with Crippen LogP contribution in [0, 0.1) is 13.8 Å². The van der Waals surface area contributed by atoms with Gasteiger partial charge in [0.15, 0.2) is 0 Å². The summed E-state index contributed by atoms with van der Waals surface area (Å²) < 4.78 is 5.23. The summed E-state index contributed by atoms with van der Waals surface area (Å²) in [7, 11) is 3.78. The highest BCUT2D eigenvalue weighted by atomic mass is 32.1. The number of hydrogen-bond donors (Lipinski definition) is 0. The Morgan fingerprint density at radius 1 is 1.25 bits per heavy atom. The Morgan fingerprint density at radius 2 is 1.96 bits per heavy atom. The lowest BCUT2D eigenvalue weighted by Gasteiger charge is -2.39. The Bertz CT molecular complexity index is 726. The number of amides is 1. The van der Waals surface area contributed by atoms with E-state index >= 15 is 0 Å². The molecule has 1 aromatic carbocycles. The number of aryl methyl sites for hydroxylation is 2. The Morgan fingerprint density at radius 3 is 2.54 bits per heavy atom. The quantitative estimate of drug-likeness (QED) is 0.858. The van der Waals surface area contributed by atoms with Gasteiger partial charge in [-0.25, -0.2) is 4.98 Å². The zero-order chi connectivity index (χ0) is 17.3. The van der Waals surface area contributed by atoms with Crippen LogP contribution >= 0.6 is 11.3 Å². The van der Waals surface area contributed by atoms with Crippen LogP contribution in [0.2, 0.25) is 0 Å². The van der Waals surface area contributed by atoms with E-state index in [1.807, 2.05) is 30.9 Å². The SMILES string of the molecule is COc1ccc([C@@H]2CN(C(=O)c3sc(C)nc3C)CCN2C)cc1. The van der Waals surface area contributed by atoms with Crippen LogP contribution < -0.4 is 4.74 Å². The lowest BCUT2D eigenvalue weighted by Crippen LogP contribution is -2.48. The third-order valence-corrected chi connectivity index (χ3v) is 5.59. The van der Waals surface area contributed by atoms with Crippen molar-refractivity contribution < 1.29 is 9.53 Å². The molecule has 0 radical (unpaired) electrons. The number of benzene rings is 1. The fraction of sp³-hybridized carbons (Fsp3) is 0.444. The monoisotopic (exact) mass is 345 g/mol. The molecular weight excluding hydrogens is 322 g/mol. The molecule has 1 aromatic heterocycles. The van der Waals surface area contributed by atoms with E-state index in [0.717, 1.165) is 34.4 Å². The summed E-state index contributed by atoms with van der Waals surface area (Å²) in [5, 5.41) is 0.941. The zero-order valence-electron chi connectivity index (χ0n) is 14.6. The van der Waals surface area contributed by atoms with Gasteiger partial charge in [-0.1, -0.05) is 12.1 Å². The molecule has 0 spiro atoms. The lowest BCUT2D eigenvalue weighted by atomic mass is 10.0. The van der Waals surface area contributed by atoms with Crippen molar-refractivity contribution in [2.24, 2.45) is 0 Å². The van der Waals surface area contributed by atoms with Crippen LogP contribution in [-0.4, -0.2) is 54.5 Å². The Labute approximate surface area is 146 Å². The average molecular weight is 345 g/mol. The molecule has 1 aliphatic rings. The van der Waals surface area contributed by atoms with Gasteiger partial charge in [0.2, 0.25) is 0 Å². The molecule has 1 saturated heterocycles. The van der Waals surface area contributed by atoms with E-state index in [9.17, 15) is 4.79 Å². The maximum absolute atomic E-state index is 12.9. The van der Waals surface area contributed by atoms with Crippen LogP contribution in [0.25, 0.3) is 0 Å². The summed E-state index contributed by atoms with van der Waals surface area (Å²) in [5.41, 5.74) is 2.04. The van der Waals surface area contributed by atoms with Gasteiger partial charge in [0.1, 0.15) is 10.6 Å². The molecule has 128 valence electrons. The van der Waals surface area contributed by atoms with E-state index in [1.165, 1.54) is 16.9 Å². The first-order valence-corrected chi connectivity index (χ1v) is 8.88. The second kappa shape index (κ2) is 6.91. The van der Waals surface area contributed by atoms with Crippen molar-refractivity contribution in [3.05, 3.63) is 45.4 Å². The molecule has 0 aliphatic carbocycles. The number of ether oxygens (including phenoxy) is 1. The minimum Gasteiger partial charge on any atom is -0.497 e. The van der Waals surface area contributed by atoms with E-state index in [2.05, 4.69) is 29.1 Å². The predicted molar refractivity (Wildman–Crippen MR) is 95.9 cm³/mol. The smallest absolute Gasteiger partial charge is 0.265 e. The standard InChI is InChI=1S/C18H23N3O2S/c1-12-17(24-13(2)19-12)18(22)21-10-9-20(3)16(11-21)14-5-7-15(23-4)8-6-14/h5-8,16H,9-11H2,1-4H3/t16-/m0/s1. The number of piperazine rings is 1. The summed E-state index contributed by atoms with van der Waals surface area (Å²) in [6, 6.07) is 8.30. The Hall–Kier alpha value is -1.92. The van der Waals surface area contributed by atoms with Gasteiger partial charge < -0.3 is 9.64 Å². The van der Waals surface area contributed by atoms with Crippen LogP contribution in [0.4, 0.5) is 0 Å². The molecule has 0 N–H and O–H groups in total. The zero-order valence-corrected chi connectivity index (χ0v) is 15.4. The van der Waals surface area contributed by atoms with Gasteiger partial charge in [-0.15, -0.1) is 11.3 Å². The molecule has 1 amide bonds. The summed E-state index contributed by atoms with van der Waals surface area (Å²) in [6.45, 7) is 6.15. The molecule has 6 heteroatoms. The van der Waals surface area contributed by atoms with Crippen LogP contribution in [-0.2, 0) is 0 Å². The van der Waals surface area contributed by atoms with Crippen LogP contribution in [0.1, 0.15) is 32.0 Å². The minimum atomic E-state index is 0.102. The first-order valence-electron chi connectivity index (χ1n) is 8.07. The van der Waals surface area contributed by atoms with E-state index in [1.54, 1.807) is 7.11 Å². The van der Waals surface area contributed by atoms with Crippen molar-refractivity contribution >= 4 is 17.2 Å². The molecule has 0 bridgehead atoms. The summed E-state index contributed by atoms with van der Waals surface area (Å²) in [6.07, 6.45) is 0. The predicted octanol–water partition coefficient (Wildman–Crippen LogP) is 2.90. The normalized spacial score (nSPS) is 18.7. The van der Waals surface area contributed by atoms with Crippen LogP contribution in [0.3, 0.4) is 0 Å². The largest absolute Gasteiger partial charge is 0.497 e. The second-order valence-corrected chi connectivity index (χ2v) is 7.37. The highest BCUT2D eigenvalue weighted by Gasteiger charge is 2.30. The van der Waals surface area contributed by atoms with Gasteiger partial charge in [-0.05, 0) is 38.6 Å². The highest BCUT2D eigenvalue weighted by molar-refractivity contribution is 7.13. The first-order chi connectivity index (χ1) is 11.5. The van der Waals surface area contributed by atoms with Crippen molar-refractivity contribution in [2.75, 3.05) is 33.8 Å². The average Bonchev–Trinajstić information content (AvgIpc) is 2.93. The van der Waals surface area contributed by atoms with E-state index in [-0.39, 0.29) is 11.9 Å². The van der Waals surface area contributed by atoms with Crippen molar-refractivity contribution in [1.29, 1.82) is 0 Å². The number of nitrogens with zero attached hydrogens (tertiary/aromatic N) is 3. The molecule has 2 heterocycles. The highest BCUT2D eigenvalue weighted by Crippen LogP contribution is 2.28. The topological polar surface area (TPSA) is 45.7 Å². The number of carbonyl (C=O) groups excluding carboxylic acids is 1. The molecule has 1 fully saturated rings. The first kappa shape index (κ1) is 16.9. The third kappa shape index (κ3) is 3.30. The van der Waals surface area contributed by atoms with Gasteiger partial charge in [-0.2, -0.15) is 0 Å². The molecule has 0 unspecified atom stereocenters. The fourth-order valence-corrected chi connectivity index (χ4v) is 4.01. The van der Waals surface area contributed by atoms with Gasteiger partial charge in [0.05, 0.1) is 23.9 Å². The van der Waals surface area contributed by atoms with Gasteiger partial charge in [0, 0.05) is 19.6 Å². The van der Waals surface area contributed by atoms with Crippen molar-refractivity contribution in [2.45, 2.75) is 19.9 Å². The fourth-order valence-electron chi connectivity index (χ4n) is 3.12. The maximum atomic E-state index is 12.9. The Balaban J connectivity index is 1.79. The number of thiazole rings is 1. The summed E-state index contributed by atoms with van der Waals surface area (Å²) in [5.74, 6) is 0.950. The maximum Gasteiger partial charge on any atom is 0.265 e. The van der Waals surface area contributed by atoms with Crippen LogP contribution in [0.15, 0.2) is 24.3 Å². The molecule has 24 heavy (non-hydrogen) atoms. The number of hydrogen-bond acceptors (Lipinski definition) is 5. The molecule has 2 aromatic rings. The van der Waals surface area contributed by atoms with Crippen molar-refractivity contribution in [3.63, 3.8) is 0 Å². The summed E-state index contributed by atoms with van der Waals surface area (Å²) >= 11 is 1.49. The molecule has 1 aliphatic heterocycles. The summed E-state index contributed by atoms with van der Waals surface area (Å²) in [4.78, 5) is 22.3. The minimum absolute atomic E-state index is 0.102. The molecule has 0 saturated carbocycles. The second-order valence-electron chi connectivity index (χ2n) is 6.17. The molecule has 1 atom stereocenters. The number of rotatable bonds is 3. The van der Waals surface area contributed by atoms with Gasteiger partial charge in [-0.3, -0.25) is 9.69 Å². The Kier molecular flexibility index (Phi) is 4.87. The molecular formula is C18H23N3O2S. The number of likely N-dealkylation sites (N-methyl/N-ethyl adjacent to an activating group) is 1. The third-order valence-electron chi connectivity index (χ3n) is 4.53. The molecule has 3 rings (SSSR count). The van der Waals surface area contributed by atoms with E-state index in [0.29, 0.717) is 6.54 Å². The van der Waals surface area contributed by atoms with Crippen LogP contribution in [0.5, 0.6) is 5.75 Å². The van der Waals surface area contributed by atoms with Crippen molar-refractivity contribution in [3.8, 4) is 5.75 Å². The van der Waals surface area contributed by atoms with Gasteiger partial charge in [0.25, 0.3) is 5.91 Å². The number of carbonyl (C=O) groups is 1. The number of aromatic nitrogens is 1. The van der Waals surface area contributed by atoms with E-state index in [4.69, 9.17) is 4.74 Å². The lowest BCUT2D eigenvalue weighted by molar-refractivity contribution is 0.0550. The van der Waals surface area contributed by atoms with Crippen molar-refractivity contribution in [1.82, 2.24) is 14.8 Å². The van der Waals surface area contributed by atoms with Gasteiger partial charge >= 0.3 is 0 Å².